The van der Waals surface area contributed by atoms with E-state index in [9.17, 15) is 5.11 Å². The highest BCUT2D eigenvalue weighted by molar-refractivity contribution is 9.10. The van der Waals surface area contributed by atoms with Crippen LogP contribution in [-0.4, -0.2) is 10.3 Å². The molecule has 3 N–H and O–H groups in total. The zero-order chi connectivity index (χ0) is 9.14. The number of benzene rings is 1. The van der Waals surface area contributed by atoms with E-state index >= 15 is 0 Å². The number of phenols is 1. The smallest absolute Gasteiger partial charge is 0.132 e. The first-order chi connectivity index (χ1) is 5.66. The molecule has 1 aromatic carbocycles. The van der Waals surface area contributed by atoms with Crippen LogP contribution in [0.4, 0.5) is 0 Å². The molecule has 0 radical (unpaired) electrons. The highest BCUT2D eigenvalue weighted by Crippen LogP contribution is 2.30. The molecule has 0 atom stereocenters. The van der Waals surface area contributed by atoms with E-state index in [0.29, 0.717) is 11.0 Å². The van der Waals surface area contributed by atoms with Crippen molar-refractivity contribution < 1.29 is 10.3 Å². The third-order valence-electron chi connectivity index (χ3n) is 1.67. The fourth-order valence-corrected chi connectivity index (χ4v) is 1.51. The van der Waals surface area contributed by atoms with E-state index in [1.807, 2.05) is 18.5 Å². The number of aryl methyl sites for hydroxylation is 1. The van der Waals surface area contributed by atoms with Gasteiger partial charge in [0.1, 0.15) is 5.75 Å². The third kappa shape index (κ3) is 1.77. The first-order valence-electron chi connectivity index (χ1n) is 3.50. The molecule has 0 amide bonds. The Morgan fingerprint density at radius 2 is 2.17 bits per heavy atom. The molecule has 4 heteroatoms. The second-order valence-electron chi connectivity index (χ2n) is 2.54. The summed E-state index contributed by atoms with van der Waals surface area (Å²) in [5.41, 5.74) is 3.66. The van der Waals surface area contributed by atoms with E-state index in [-0.39, 0.29) is 5.75 Å². The van der Waals surface area contributed by atoms with Crippen LogP contribution in [-0.2, 0) is 6.54 Å². The number of nitrogens with one attached hydrogen (secondary N) is 1. The van der Waals surface area contributed by atoms with Gasteiger partial charge >= 0.3 is 0 Å². The Bertz CT molecular complexity index is 289. The van der Waals surface area contributed by atoms with Gasteiger partial charge in [-0.1, -0.05) is 12.1 Å². The summed E-state index contributed by atoms with van der Waals surface area (Å²) >= 11 is 3.23. The van der Waals surface area contributed by atoms with Crippen LogP contribution in [0.2, 0.25) is 0 Å². The molecule has 0 aromatic heterocycles. The van der Waals surface area contributed by atoms with Gasteiger partial charge in [-0.15, -0.1) is 0 Å². The van der Waals surface area contributed by atoms with Gasteiger partial charge in [-0.2, -0.15) is 0 Å². The van der Waals surface area contributed by atoms with Crippen LogP contribution in [0.25, 0.3) is 0 Å². The zero-order valence-corrected chi connectivity index (χ0v) is 8.22. The molecule has 0 aliphatic carbocycles. The first-order valence-corrected chi connectivity index (χ1v) is 4.30. The van der Waals surface area contributed by atoms with Crippen molar-refractivity contribution in [2.24, 2.45) is 0 Å². The lowest BCUT2D eigenvalue weighted by Crippen LogP contribution is -2.06. The van der Waals surface area contributed by atoms with E-state index in [1.54, 1.807) is 6.07 Å². The molecule has 0 saturated carbocycles. The van der Waals surface area contributed by atoms with Gasteiger partial charge in [0.15, 0.2) is 0 Å². The average molecular weight is 232 g/mol. The summed E-state index contributed by atoms with van der Waals surface area (Å²) in [5.74, 6) is 0.225. The fourth-order valence-electron chi connectivity index (χ4n) is 0.925. The molecule has 0 heterocycles. The Morgan fingerprint density at radius 1 is 1.50 bits per heavy atom. The lowest BCUT2D eigenvalue weighted by molar-refractivity contribution is 0.161. The largest absolute Gasteiger partial charge is 0.506 e. The van der Waals surface area contributed by atoms with Crippen molar-refractivity contribution in [2.45, 2.75) is 13.5 Å². The molecule has 0 spiro atoms. The molecule has 3 nitrogen and oxygen atoms in total. The Labute approximate surface area is 79.1 Å². The molecular weight excluding hydrogens is 222 g/mol. The van der Waals surface area contributed by atoms with Crippen molar-refractivity contribution in [3.05, 3.63) is 27.7 Å². The topological polar surface area (TPSA) is 52.5 Å². The maximum Gasteiger partial charge on any atom is 0.132 e. The Kier molecular flexibility index (Phi) is 3.08. The van der Waals surface area contributed by atoms with Crippen molar-refractivity contribution >= 4 is 15.9 Å². The van der Waals surface area contributed by atoms with Gasteiger partial charge in [-0.05, 0) is 34.0 Å². The minimum Gasteiger partial charge on any atom is -0.506 e. The van der Waals surface area contributed by atoms with E-state index in [0.717, 1.165) is 11.1 Å². The summed E-state index contributed by atoms with van der Waals surface area (Å²) in [7, 11) is 0. The second-order valence-corrected chi connectivity index (χ2v) is 3.33. The summed E-state index contributed by atoms with van der Waals surface area (Å²) in [6, 6.07) is 3.63. The van der Waals surface area contributed by atoms with Gasteiger partial charge in [0.2, 0.25) is 0 Å². The Morgan fingerprint density at radius 3 is 2.75 bits per heavy atom. The van der Waals surface area contributed by atoms with Crippen molar-refractivity contribution in [1.82, 2.24) is 5.48 Å². The molecule has 12 heavy (non-hydrogen) atoms. The molecule has 0 bridgehead atoms. The SMILES string of the molecule is Cc1ccc(CNO)c(Br)c1O. The predicted octanol–water partition coefficient (Wildman–Crippen LogP) is 1.94. The van der Waals surface area contributed by atoms with Crippen LogP contribution < -0.4 is 5.48 Å². The number of hydrogen-bond donors (Lipinski definition) is 3. The molecule has 0 fully saturated rings. The van der Waals surface area contributed by atoms with Gasteiger partial charge in [-0.3, -0.25) is 0 Å². The van der Waals surface area contributed by atoms with E-state index in [2.05, 4.69) is 15.9 Å². The lowest BCUT2D eigenvalue weighted by Gasteiger charge is -2.06. The van der Waals surface area contributed by atoms with E-state index in [4.69, 9.17) is 5.21 Å². The van der Waals surface area contributed by atoms with Crippen molar-refractivity contribution in [3.8, 4) is 5.75 Å². The maximum absolute atomic E-state index is 9.46. The number of aromatic hydroxyl groups is 1. The molecule has 0 aliphatic heterocycles. The number of halogens is 1. The quantitative estimate of drug-likeness (QED) is 0.683. The van der Waals surface area contributed by atoms with Crippen LogP contribution in [0.15, 0.2) is 16.6 Å². The maximum atomic E-state index is 9.46. The summed E-state index contributed by atoms with van der Waals surface area (Å²) in [6.45, 7) is 2.13. The summed E-state index contributed by atoms with van der Waals surface area (Å²) in [6.07, 6.45) is 0. The molecule has 1 rings (SSSR count). The molecule has 0 aliphatic rings. The first kappa shape index (κ1) is 9.51. The molecule has 1 aromatic rings. The Balaban J connectivity index is 3.08. The van der Waals surface area contributed by atoms with Gasteiger partial charge in [0, 0.05) is 6.54 Å². The number of phenolic OH excluding ortho intramolecular Hbond substituents is 1. The van der Waals surface area contributed by atoms with Crippen molar-refractivity contribution in [3.63, 3.8) is 0 Å². The van der Waals surface area contributed by atoms with E-state index < -0.39 is 0 Å². The van der Waals surface area contributed by atoms with Gasteiger partial charge in [0.05, 0.1) is 4.47 Å². The van der Waals surface area contributed by atoms with Gasteiger partial charge in [0.25, 0.3) is 0 Å². The summed E-state index contributed by atoms with van der Waals surface area (Å²) < 4.78 is 0.629. The zero-order valence-electron chi connectivity index (χ0n) is 6.63. The van der Waals surface area contributed by atoms with Crippen molar-refractivity contribution in [1.29, 1.82) is 0 Å². The van der Waals surface area contributed by atoms with Gasteiger partial charge < -0.3 is 10.3 Å². The fraction of sp³-hybridized carbons (Fsp3) is 0.250. The highest BCUT2D eigenvalue weighted by Gasteiger charge is 2.06. The van der Waals surface area contributed by atoms with Gasteiger partial charge in [-0.25, -0.2) is 5.48 Å². The van der Waals surface area contributed by atoms with Crippen molar-refractivity contribution in [2.75, 3.05) is 0 Å². The lowest BCUT2D eigenvalue weighted by atomic mass is 10.1. The molecular formula is C8H10BrNO2. The second kappa shape index (κ2) is 3.89. The number of hydroxylamine groups is 1. The van der Waals surface area contributed by atoms with Crippen LogP contribution in [0.5, 0.6) is 5.75 Å². The van der Waals surface area contributed by atoms with Crippen LogP contribution in [0.1, 0.15) is 11.1 Å². The standard InChI is InChI=1S/C8H10BrNO2/c1-5-2-3-6(4-10-12)7(9)8(5)11/h2-3,10-12H,4H2,1H3. The van der Waals surface area contributed by atoms with E-state index in [1.165, 1.54) is 0 Å². The third-order valence-corrected chi connectivity index (χ3v) is 2.55. The highest BCUT2D eigenvalue weighted by atomic mass is 79.9. The minimum atomic E-state index is 0.225. The van der Waals surface area contributed by atoms with Crippen LogP contribution >= 0.6 is 15.9 Å². The molecule has 66 valence electrons. The monoisotopic (exact) mass is 231 g/mol. The van der Waals surface area contributed by atoms with Crippen LogP contribution in [0, 0.1) is 6.92 Å². The average Bonchev–Trinajstić information content (AvgIpc) is 2.07. The number of hydrogen-bond acceptors (Lipinski definition) is 3. The Hall–Kier alpha value is -0.580. The molecule has 0 saturated heterocycles. The minimum absolute atomic E-state index is 0.225. The predicted molar refractivity (Wildman–Crippen MR) is 49.2 cm³/mol. The van der Waals surface area contributed by atoms with Crippen LogP contribution in [0.3, 0.4) is 0 Å². The normalized spacial score (nSPS) is 10.2. The summed E-state index contributed by atoms with van der Waals surface area (Å²) in [4.78, 5) is 0. The number of rotatable bonds is 2. The molecule has 0 unspecified atom stereocenters. The summed E-state index contributed by atoms with van der Waals surface area (Å²) in [5, 5.41) is 17.9.